The zero-order valence-corrected chi connectivity index (χ0v) is 13.4. The summed E-state index contributed by atoms with van der Waals surface area (Å²) in [7, 11) is 1.21. The largest absolute Gasteiger partial charge is 0.462 e. The summed E-state index contributed by atoms with van der Waals surface area (Å²) in [5.74, 6) is -0.694. The molecule has 0 saturated heterocycles. The second-order valence-electron chi connectivity index (χ2n) is 4.52. The van der Waals surface area contributed by atoms with E-state index in [-0.39, 0.29) is 5.90 Å². The number of aliphatic hydroxyl groups is 1. The van der Waals surface area contributed by atoms with Crippen LogP contribution in [-0.2, 0) is 9.53 Å². The summed E-state index contributed by atoms with van der Waals surface area (Å²) >= 11 is 5.90. The minimum atomic E-state index is -0.773. The average Bonchev–Trinajstić information content (AvgIpc) is 2.55. The van der Waals surface area contributed by atoms with Gasteiger partial charge in [0.15, 0.2) is 0 Å². The number of aliphatic hydroxyl groups excluding tert-OH is 1. The van der Waals surface area contributed by atoms with Crippen LogP contribution in [0.15, 0.2) is 41.4 Å². The van der Waals surface area contributed by atoms with Crippen LogP contribution in [0.5, 0.6) is 5.75 Å². The SMILES string of the molecule is COC(=O)C(=NCO)Oc1cc(-c2cccc(Cl)n2)ccc1C. The van der Waals surface area contributed by atoms with Crippen LogP contribution in [0.3, 0.4) is 0 Å². The Morgan fingerprint density at radius 1 is 1.35 bits per heavy atom. The zero-order chi connectivity index (χ0) is 16.8. The molecule has 1 N–H and O–H groups in total. The minimum absolute atomic E-state index is 0.325. The van der Waals surface area contributed by atoms with Gasteiger partial charge in [-0.15, -0.1) is 0 Å². The van der Waals surface area contributed by atoms with E-state index in [1.165, 1.54) is 7.11 Å². The van der Waals surface area contributed by atoms with Crippen LogP contribution in [0.4, 0.5) is 0 Å². The van der Waals surface area contributed by atoms with Crippen LogP contribution in [-0.4, -0.2) is 35.8 Å². The van der Waals surface area contributed by atoms with Crippen molar-refractivity contribution in [2.24, 2.45) is 4.99 Å². The number of halogens is 1. The molecule has 2 aromatic rings. The molecule has 6 nitrogen and oxygen atoms in total. The maximum atomic E-state index is 11.6. The Morgan fingerprint density at radius 3 is 2.78 bits per heavy atom. The molecule has 1 aromatic carbocycles. The Bertz CT molecular complexity index is 747. The normalized spacial score (nSPS) is 11.2. The van der Waals surface area contributed by atoms with E-state index in [1.54, 1.807) is 18.2 Å². The predicted octanol–water partition coefficient (Wildman–Crippen LogP) is 2.61. The molecule has 0 radical (unpaired) electrons. The number of benzene rings is 1. The van der Waals surface area contributed by atoms with Crippen molar-refractivity contribution >= 4 is 23.5 Å². The monoisotopic (exact) mass is 334 g/mol. The summed E-state index contributed by atoms with van der Waals surface area (Å²) in [5.41, 5.74) is 2.22. The molecule has 0 aliphatic carbocycles. The Labute approximate surface area is 138 Å². The number of ether oxygens (including phenoxy) is 2. The third kappa shape index (κ3) is 4.28. The number of nitrogens with zero attached hydrogens (tertiary/aromatic N) is 2. The lowest BCUT2D eigenvalue weighted by Gasteiger charge is -2.11. The molecule has 1 heterocycles. The molecule has 23 heavy (non-hydrogen) atoms. The van der Waals surface area contributed by atoms with Crippen LogP contribution in [0.2, 0.25) is 5.15 Å². The molecule has 0 fully saturated rings. The van der Waals surface area contributed by atoms with Crippen molar-refractivity contribution in [3.05, 3.63) is 47.1 Å². The number of hydrogen-bond acceptors (Lipinski definition) is 6. The van der Waals surface area contributed by atoms with Gasteiger partial charge in [-0.3, -0.25) is 0 Å². The van der Waals surface area contributed by atoms with Gasteiger partial charge >= 0.3 is 11.9 Å². The molecule has 0 saturated carbocycles. The lowest BCUT2D eigenvalue weighted by Crippen LogP contribution is -2.23. The first-order chi connectivity index (χ1) is 11.0. The highest BCUT2D eigenvalue weighted by Gasteiger charge is 2.16. The van der Waals surface area contributed by atoms with Crippen molar-refractivity contribution in [3.8, 4) is 17.0 Å². The Morgan fingerprint density at radius 2 is 2.13 bits per heavy atom. The van der Waals surface area contributed by atoms with Crippen molar-refractivity contribution in [2.45, 2.75) is 6.92 Å². The molecular formula is C16H15ClN2O4. The molecule has 0 atom stereocenters. The van der Waals surface area contributed by atoms with Crippen LogP contribution >= 0.6 is 11.6 Å². The fraction of sp³-hybridized carbons (Fsp3) is 0.188. The van der Waals surface area contributed by atoms with Crippen LogP contribution in [0.25, 0.3) is 11.3 Å². The van der Waals surface area contributed by atoms with E-state index in [9.17, 15) is 4.79 Å². The van der Waals surface area contributed by atoms with Crippen LogP contribution in [0, 0.1) is 6.92 Å². The number of aromatic nitrogens is 1. The number of hydrogen-bond donors (Lipinski definition) is 1. The number of carbonyl (C=O) groups excluding carboxylic acids is 1. The van der Waals surface area contributed by atoms with Crippen LogP contribution in [0.1, 0.15) is 5.56 Å². The van der Waals surface area contributed by atoms with Gasteiger partial charge < -0.3 is 14.6 Å². The van der Waals surface area contributed by atoms with Crippen molar-refractivity contribution in [1.29, 1.82) is 0 Å². The highest BCUT2D eigenvalue weighted by molar-refractivity contribution is 6.33. The molecule has 0 spiro atoms. The quantitative estimate of drug-likeness (QED) is 0.404. The molecule has 120 valence electrons. The molecule has 0 aliphatic heterocycles. The summed E-state index contributed by atoms with van der Waals surface area (Å²) < 4.78 is 10.1. The van der Waals surface area contributed by atoms with E-state index < -0.39 is 12.7 Å². The topological polar surface area (TPSA) is 81.0 Å². The number of rotatable bonds is 3. The number of carbonyl (C=O) groups is 1. The number of esters is 1. The zero-order valence-electron chi connectivity index (χ0n) is 12.6. The van der Waals surface area contributed by atoms with E-state index in [0.717, 1.165) is 11.1 Å². The lowest BCUT2D eigenvalue weighted by atomic mass is 10.1. The van der Waals surface area contributed by atoms with Crippen molar-refractivity contribution in [2.75, 3.05) is 13.8 Å². The molecule has 0 amide bonds. The van der Waals surface area contributed by atoms with Gasteiger partial charge in [-0.25, -0.2) is 14.8 Å². The van der Waals surface area contributed by atoms with Crippen molar-refractivity contribution in [1.82, 2.24) is 4.98 Å². The minimum Gasteiger partial charge on any atom is -0.462 e. The Balaban J connectivity index is 2.37. The standard InChI is InChI=1S/C16H15ClN2O4/c1-10-6-7-11(12-4-3-5-14(17)19-12)8-13(10)23-15(18-9-20)16(21)22-2/h3-8,20H,9H2,1-2H3. The molecule has 7 heteroatoms. The summed E-state index contributed by atoms with van der Waals surface area (Å²) in [6, 6.07) is 10.7. The average molecular weight is 335 g/mol. The van der Waals surface area contributed by atoms with Gasteiger partial charge in [-0.2, -0.15) is 0 Å². The predicted molar refractivity (Wildman–Crippen MR) is 86.6 cm³/mol. The maximum absolute atomic E-state index is 11.6. The van der Waals surface area contributed by atoms with Gasteiger partial charge in [-0.1, -0.05) is 29.8 Å². The van der Waals surface area contributed by atoms with Crippen molar-refractivity contribution < 1.29 is 19.4 Å². The fourth-order valence-electron chi connectivity index (χ4n) is 1.83. The smallest absolute Gasteiger partial charge is 0.394 e. The van der Waals surface area contributed by atoms with Gasteiger partial charge in [0.25, 0.3) is 0 Å². The molecule has 0 bridgehead atoms. The second kappa shape index (κ2) is 7.71. The van der Waals surface area contributed by atoms with Crippen LogP contribution < -0.4 is 4.74 Å². The van der Waals surface area contributed by atoms with E-state index in [4.69, 9.17) is 21.4 Å². The molecule has 2 rings (SSSR count). The highest BCUT2D eigenvalue weighted by atomic mass is 35.5. The summed E-state index contributed by atoms with van der Waals surface area (Å²) in [6.07, 6.45) is 0. The van der Waals surface area contributed by atoms with Gasteiger partial charge in [0.2, 0.25) is 0 Å². The third-order valence-corrected chi connectivity index (χ3v) is 3.19. The number of pyridine rings is 1. The molecule has 0 unspecified atom stereocenters. The fourth-order valence-corrected chi connectivity index (χ4v) is 2.00. The third-order valence-electron chi connectivity index (χ3n) is 2.98. The molecule has 0 aliphatic rings. The number of methoxy groups -OCH3 is 1. The highest BCUT2D eigenvalue weighted by Crippen LogP contribution is 2.27. The van der Waals surface area contributed by atoms with E-state index in [0.29, 0.717) is 16.6 Å². The van der Waals surface area contributed by atoms with E-state index in [2.05, 4.69) is 14.7 Å². The summed E-state index contributed by atoms with van der Waals surface area (Å²) in [6.45, 7) is 1.23. The first-order valence-electron chi connectivity index (χ1n) is 6.70. The van der Waals surface area contributed by atoms with Gasteiger partial charge in [0.05, 0.1) is 12.8 Å². The molecular weight excluding hydrogens is 320 g/mol. The molecule has 1 aromatic heterocycles. The Kier molecular flexibility index (Phi) is 5.67. The summed E-state index contributed by atoms with van der Waals surface area (Å²) in [4.78, 5) is 19.4. The van der Waals surface area contributed by atoms with E-state index in [1.807, 2.05) is 25.1 Å². The first-order valence-corrected chi connectivity index (χ1v) is 7.08. The van der Waals surface area contributed by atoms with Gasteiger partial charge in [0, 0.05) is 5.56 Å². The number of aryl methyl sites for hydroxylation is 1. The lowest BCUT2D eigenvalue weighted by molar-refractivity contribution is -0.133. The maximum Gasteiger partial charge on any atom is 0.394 e. The second-order valence-corrected chi connectivity index (χ2v) is 4.91. The summed E-state index contributed by atoms with van der Waals surface area (Å²) in [5, 5.41) is 9.27. The Hall–Kier alpha value is -2.44. The van der Waals surface area contributed by atoms with Gasteiger partial charge in [-0.05, 0) is 30.7 Å². The van der Waals surface area contributed by atoms with E-state index >= 15 is 0 Å². The first kappa shape index (κ1) is 16.9. The van der Waals surface area contributed by atoms with Crippen molar-refractivity contribution in [3.63, 3.8) is 0 Å². The number of aliphatic imine (C=N–C) groups is 1. The van der Waals surface area contributed by atoms with Gasteiger partial charge in [0.1, 0.15) is 17.6 Å².